The first-order chi connectivity index (χ1) is 6.58. The molecule has 0 unspecified atom stereocenters. The Morgan fingerprint density at radius 2 is 2.21 bits per heavy atom. The number of aromatic nitrogens is 1. The average molecular weight is 302 g/mol. The average Bonchev–Trinajstić information content (AvgIpc) is 2.07. The van der Waals surface area contributed by atoms with Crippen LogP contribution >= 0.6 is 22.6 Å². The Balaban J connectivity index is 2.66. The van der Waals surface area contributed by atoms with Crippen LogP contribution in [0.2, 0.25) is 0 Å². The summed E-state index contributed by atoms with van der Waals surface area (Å²) in [6.07, 6.45) is 3.25. The van der Waals surface area contributed by atoms with Gasteiger partial charge in [0.1, 0.15) is 5.82 Å². The van der Waals surface area contributed by atoms with E-state index in [2.05, 4.69) is 32.9 Å². The van der Waals surface area contributed by atoms with Crippen LogP contribution in [0.25, 0.3) is 0 Å². The fourth-order valence-electron chi connectivity index (χ4n) is 0.874. The summed E-state index contributed by atoms with van der Waals surface area (Å²) >= 11 is 2.16. The molecule has 0 saturated heterocycles. The monoisotopic (exact) mass is 302 g/mol. The molecule has 14 heavy (non-hydrogen) atoms. The van der Waals surface area contributed by atoms with Crippen LogP contribution < -0.4 is 5.32 Å². The van der Waals surface area contributed by atoms with E-state index in [0.29, 0.717) is 5.82 Å². The highest BCUT2D eigenvalue weighted by Gasteiger charge is 1.98. The van der Waals surface area contributed by atoms with Crippen LogP contribution in [-0.4, -0.2) is 10.9 Å². The number of hydrogen-bond acceptors (Lipinski definition) is 2. The van der Waals surface area contributed by atoms with E-state index < -0.39 is 0 Å². The second-order valence-electron chi connectivity index (χ2n) is 3.07. The molecule has 1 amide bonds. The topological polar surface area (TPSA) is 42.0 Å². The number of pyridine rings is 1. The van der Waals surface area contributed by atoms with Crippen LogP contribution in [0.4, 0.5) is 5.82 Å². The van der Waals surface area contributed by atoms with Gasteiger partial charge in [0.2, 0.25) is 5.91 Å². The zero-order valence-electron chi connectivity index (χ0n) is 8.04. The summed E-state index contributed by atoms with van der Waals surface area (Å²) in [5.74, 6) is 0.437. The van der Waals surface area contributed by atoms with E-state index in [1.165, 1.54) is 0 Å². The third kappa shape index (κ3) is 3.87. The van der Waals surface area contributed by atoms with Crippen LogP contribution in [0.1, 0.15) is 13.8 Å². The van der Waals surface area contributed by atoms with E-state index in [4.69, 9.17) is 0 Å². The number of rotatable bonds is 2. The summed E-state index contributed by atoms with van der Waals surface area (Å²) in [4.78, 5) is 15.3. The maximum absolute atomic E-state index is 11.3. The summed E-state index contributed by atoms with van der Waals surface area (Å²) in [6, 6.07) is 3.67. The van der Waals surface area contributed by atoms with Crippen molar-refractivity contribution in [2.24, 2.45) is 0 Å². The van der Waals surface area contributed by atoms with E-state index in [1.807, 2.05) is 19.9 Å². The van der Waals surface area contributed by atoms with Crippen molar-refractivity contribution in [3.8, 4) is 0 Å². The first kappa shape index (κ1) is 11.2. The van der Waals surface area contributed by atoms with Crippen LogP contribution in [0, 0.1) is 3.57 Å². The van der Waals surface area contributed by atoms with Gasteiger partial charge in [-0.1, -0.05) is 5.57 Å². The third-order valence-electron chi connectivity index (χ3n) is 1.40. The predicted octanol–water partition coefficient (Wildman–Crippen LogP) is 2.59. The molecule has 0 fully saturated rings. The highest BCUT2D eigenvalue weighted by molar-refractivity contribution is 14.1. The lowest BCUT2D eigenvalue weighted by Crippen LogP contribution is -2.09. The highest BCUT2D eigenvalue weighted by atomic mass is 127. The Morgan fingerprint density at radius 3 is 2.71 bits per heavy atom. The maximum Gasteiger partial charge on any atom is 0.249 e. The van der Waals surface area contributed by atoms with E-state index in [9.17, 15) is 4.79 Å². The molecule has 0 saturated carbocycles. The number of carbonyl (C=O) groups is 1. The standard InChI is InChI=1S/C10H11IN2O/c1-7(2)5-10(14)13-9-4-3-8(11)6-12-9/h3-6H,1-2H3,(H,12,13,14). The first-order valence-electron chi connectivity index (χ1n) is 4.15. The molecule has 0 aliphatic heterocycles. The minimum Gasteiger partial charge on any atom is -0.307 e. The maximum atomic E-state index is 11.3. The smallest absolute Gasteiger partial charge is 0.249 e. The molecule has 1 aromatic rings. The number of allylic oxidation sites excluding steroid dienone is 1. The van der Waals surface area contributed by atoms with E-state index >= 15 is 0 Å². The van der Waals surface area contributed by atoms with Gasteiger partial charge < -0.3 is 5.32 Å². The lowest BCUT2D eigenvalue weighted by Gasteiger charge is -2.00. The summed E-state index contributed by atoms with van der Waals surface area (Å²) in [5.41, 5.74) is 0.966. The minimum atomic E-state index is -0.140. The minimum absolute atomic E-state index is 0.140. The molecule has 0 bridgehead atoms. The molecule has 3 nitrogen and oxygen atoms in total. The number of nitrogens with one attached hydrogen (secondary N) is 1. The summed E-state index contributed by atoms with van der Waals surface area (Å²) in [6.45, 7) is 3.75. The highest BCUT2D eigenvalue weighted by Crippen LogP contribution is 2.07. The van der Waals surface area contributed by atoms with Crippen molar-refractivity contribution < 1.29 is 4.79 Å². The normalized spacial score (nSPS) is 9.36. The van der Waals surface area contributed by atoms with Gasteiger partial charge in [-0.2, -0.15) is 0 Å². The zero-order valence-corrected chi connectivity index (χ0v) is 10.2. The van der Waals surface area contributed by atoms with Crippen LogP contribution in [0.3, 0.4) is 0 Å². The number of carbonyl (C=O) groups excluding carboxylic acids is 1. The van der Waals surface area contributed by atoms with Crippen molar-refractivity contribution in [2.45, 2.75) is 13.8 Å². The fourth-order valence-corrected chi connectivity index (χ4v) is 1.19. The molecular weight excluding hydrogens is 291 g/mol. The van der Waals surface area contributed by atoms with Crippen molar-refractivity contribution in [3.63, 3.8) is 0 Å². The van der Waals surface area contributed by atoms with Crippen LogP contribution in [0.5, 0.6) is 0 Å². The molecule has 0 spiro atoms. The van der Waals surface area contributed by atoms with Gasteiger partial charge in [-0.15, -0.1) is 0 Å². The van der Waals surface area contributed by atoms with Gasteiger partial charge in [-0.3, -0.25) is 4.79 Å². The Labute approximate surface area is 96.8 Å². The number of halogens is 1. The molecular formula is C10H11IN2O. The fraction of sp³-hybridized carbons (Fsp3) is 0.200. The number of nitrogens with zero attached hydrogens (tertiary/aromatic N) is 1. The SMILES string of the molecule is CC(C)=CC(=O)Nc1ccc(I)cn1. The van der Waals surface area contributed by atoms with Crippen molar-refractivity contribution in [1.29, 1.82) is 0 Å². The molecule has 1 rings (SSSR count). The lowest BCUT2D eigenvalue weighted by atomic mass is 10.3. The van der Waals surface area contributed by atoms with Gasteiger partial charge in [0.05, 0.1) is 0 Å². The second-order valence-corrected chi connectivity index (χ2v) is 4.32. The molecule has 0 aliphatic rings. The van der Waals surface area contributed by atoms with E-state index in [1.54, 1.807) is 18.3 Å². The molecule has 1 aromatic heterocycles. The summed E-state index contributed by atoms with van der Waals surface area (Å²) < 4.78 is 1.04. The molecule has 4 heteroatoms. The van der Waals surface area contributed by atoms with Gasteiger partial charge in [0.25, 0.3) is 0 Å². The molecule has 0 radical (unpaired) electrons. The second kappa shape index (κ2) is 5.09. The number of hydrogen-bond donors (Lipinski definition) is 1. The molecule has 0 atom stereocenters. The number of anilines is 1. The van der Waals surface area contributed by atoms with E-state index in [-0.39, 0.29) is 5.91 Å². The van der Waals surface area contributed by atoms with Crippen molar-refractivity contribution in [2.75, 3.05) is 5.32 Å². The Morgan fingerprint density at radius 1 is 1.50 bits per heavy atom. The van der Waals surface area contributed by atoms with Crippen LogP contribution in [-0.2, 0) is 4.79 Å². The molecule has 0 aromatic carbocycles. The molecule has 0 aliphatic carbocycles. The van der Waals surface area contributed by atoms with Crippen molar-refractivity contribution in [3.05, 3.63) is 33.5 Å². The summed E-state index contributed by atoms with van der Waals surface area (Å²) in [5, 5.41) is 2.67. The van der Waals surface area contributed by atoms with Gasteiger partial charge in [0, 0.05) is 15.8 Å². The quantitative estimate of drug-likeness (QED) is 0.674. The van der Waals surface area contributed by atoms with Crippen molar-refractivity contribution in [1.82, 2.24) is 4.98 Å². The Kier molecular flexibility index (Phi) is 4.06. The van der Waals surface area contributed by atoms with Crippen molar-refractivity contribution >= 4 is 34.3 Å². The van der Waals surface area contributed by atoms with Gasteiger partial charge >= 0.3 is 0 Å². The van der Waals surface area contributed by atoms with Crippen LogP contribution in [0.15, 0.2) is 30.0 Å². The predicted molar refractivity (Wildman–Crippen MR) is 65.0 cm³/mol. The molecule has 74 valence electrons. The lowest BCUT2D eigenvalue weighted by molar-refractivity contribution is -0.112. The Bertz CT molecular complexity index is 353. The first-order valence-corrected chi connectivity index (χ1v) is 5.23. The molecule has 1 heterocycles. The van der Waals surface area contributed by atoms with Gasteiger partial charge in [-0.05, 0) is 48.6 Å². The number of amides is 1. The van der Waals surface area contributed by atoms with E-state index in [0.717, 1.165) is 9.14 Å². The largest absolute Gasteiger partial charge is 0.307 e. The zero-order chi connectivity index (χ0) is 10.6. The summed E-state index contributed by atoms with van der Waals surface area (Å²) in [7, 11) is 0. The molecule has 1 N–H and O–H groups in total. The third-order valence-corrected chi connectivity index (χ3v) is 2.04. The van der Waals surface area contributed by atoms with Gasteiger partial charge in [-0.25, -0.2) is 4.98 Å². The van der Waals surface area contributed by atoms with Gasteiger partial charge in [0.15, 0.2) is 0 Å². The Hall–Kier alpha value is -0.910.